The number of nitrogens with one attached hydrogen (secondary N) is 1. The van der Waals surface area contributed by atoms with E-state index in [-0.39, 0.29) is 53.4 Å². The summed E-state index contributed by atoms with van der Waals surface area (Å²) in [5.41, 5.74) is -0.597. The molecular weight excluding hydrogens is 505 g/mol. The van der Waals surface area contributed by atoms with E-state index < -0.39 is 33.7 Å². The summed E-state index contributed by atoms with van der Waals surface area (Å²) in [6.45, 7) is 4.24. The van der Waals surface area contributed by atoms with Gasteiger partial charge in [0.15, 0.2) is 5.78 Å². The Kier molecular flexibility index (Phi) is 7.11. The van der Waals surface area contributed by atoms with Gasteiger partial charge >= 0.3 is 6.18 Å². The second kappa shape index (κ2) is 10.0. The number of hydrogen-bond donors (Lipinski definition) is 1. The van der Waals surface area contributed by atoms with Gasteiger partial charge in [-0.15, -0.1) is 0 Å². The van der Waals surface area contributed by atoms with Crippen LogP contribution in [-0.2, 0) is 17.3 Å². The molecule has 0 saturated heterocycles. The third-order valence-electron chi connectivity index (χ3n) is 6.28. The molecule has 0 unspecified atom stereocenters. The summed E-state index contributed by atoms with van der Waals surface area (Å²) in [7, 11) is 1.47. The molecule has 4 rings (SSSR count). The van der Waals surface area contributed by atoms with Crippen molar-refractivity contribution in [1.29, 1.82) is 0 Å². The predicted molar refractivity (Wildman–Crippen MR) is 131 cm³/mol. The van der Waals surface area contributed by atoms with Crippen LogP contribution in [-0.4, -0.2) is 46.7 Å². The van der Waals surface area contributed by atoms with E-state index in [0.717, 1.165) is 18.2 Å². The summed E-state index contributed by atoms with van der Waals surface area (Å²) in [5.74, 6) is -0.782. The Balaban J connectivity index is 1.86. The van der Waals surface area contributed by atoms with E-state index in [1.165, 1.54) is 36.1 Å². The summed E-state index contributed by atoms with van der Waals surface area (Å²) in [5, 5.41) is 19.1. The number of fused-ring (bicyclic) bond motifs is 1. The van der Waals surface area contributed by atoms with Crippen LogP contribution in [0.25, 0.3) is 16.9 Å². The fraction of sp³-hybridized carbons (Fsp3) is 0.346. The third-order valence-corrected chi connectivity index (χ3v) is 6.28. The molecule has 12 heteroatoms. The molecule has 1 amide bonds. The normalized spacial score (nSPS) is 14.7. The summed E-state index contributed by atoms with van der Waals surface area (Å²) in [4.78, 5) is 37.1. The lowest BCUT2D eigenvalue weighted by molar-refractivity contribution is -0.384. The van der Waals surface area contributed by atoms with Crippen LogP contribution in [0.3, 0.4) is 0 Å². The maximum Gasteiger partial charge on any atom is 0.416 e. The van der Waals surface area contributed by atoms with Crippen molar-refractivity contribution >= 4 is 17.4 Å². The first-order chi connectivity index (χ1) is 17.8. The van der Waals surface area contributed by atoms with Crippen molar-refractivity contribution in [3.8, 4) is 16.9 Å². The molecule has 0 aliphatic heterocycles. The maximum absolute atomic E-state index is 13.2. The minimum absolute atomic E-state index is 0.0309. The molecule has 0 atom stereocenters. The quantitative estimate of drug-likeness (QED) is 0.261. The zero-order valence-corrected chi connectivity index (χ0v) is 20.9. The maximum atomic E-state index is 13.2. The van der Waals surface area contributed by atoms with E-state index in [1.54, 1.807) is 0 Å². The van der Waals surface area contributed by atoms with E-state index in [0.29, 0.717) is 12.1 Å². The van der Waals surface area contributed by atoms with Gasteiger partial charge in [0.2, 0.25) is 0 Å². The molecule has 3 aromatic rings. The first kappa shape index (κ1) is 27.0. The van der Waals surface area contributed by atoms with Crippen molar-refractivity contribution in [2.24, 2.45) is 5.41 Å². The molecular formula is C26H25F3N4O5. The SMILES string of the molecule is COCCNC(=O)c1ccc(-n2nc(-c3ccc(C(F)(F)F)cc3)c3c2CC(C)(C)CC3=O)c([N+](=O)[O-])c1. The lowest BCUT2D eigenvalue weighted by atomic mass is 9.75. The van der Waals surface area contributed by atoms with Crippen LogP contribution in [0.5, 0.6) is 0 Å². The highest BCUT2D eigenvalue weighted by atomic mass is 19.4. The van der Waals surface area contributed by atoms with Crippen LogP contribution in [0.2, 0.25) is 0 Å². The average molecular weight is 531 g/mol. The molecule has 0 spiro atoms. The number of alkyl halides is 3. The number of methoxy groups -OCH3 is 1. The van der Waals surface area contributed by atoms with E-state index in [4.69, 9.17) is 4.74 Å². The van der Waals surface area contributed by atoms with Gasteiger partial charge in [0.1, 0.15) is 11.4 Å². The average Bonchev–Trinajstić information content (AvgIpc) is 3.21. The molecule has 0 radical (unpaired) electrons. The molecule has 1 aliphatic rings. The minimum atomic E-state index is -4.53. The predicted octanol–water partition coefficient (Wildman–Crippen LogP) is 5.00. The number of nitro groups is 1. The number of nitrogens with zero attached hydrogens (tertiary/aromatic N) is 3. The largest absolute Gasteiger partial charge is 0.416 e. The molecule has 1 aromatic heterocycles. The van der Waals surface area contributed by atoms with Gasteiger partial charge in [-0.1, -0.05) is 26.0 Å². The van der Waals surface area contributed by atoms with Gasteiger partial charge in [0, 0.05) is 37.3 Å². The number of nitro benzene ring substituents is 1. The number of carbonyl (C=O) groups is 2. The second-order valence-corrected chi connectivity index (χ2v) is 9.81. The number of ether oxygens (including phenoxy) is 1. The highest BCUT2D eigenvalue weighted by Crippen LogP contribution is 2.41. The summed E-state index contributed by atoms with van der Waals surface area (Å²) < 4.78 is 45.5. The highest BCUT2D eigenvalue weighted by Gasteiger charge is 2.38. The Hall–Kier alpha value is -4.06. The Morgan fingerprint density at radius 1 is 1.18 bits per heavy atom. The number of benzene rings is 2. The van der Waals surface area contributed by atoms with Crippen molar-refractivity contribution in [2.45, 2.75) is 32.9 Å². The smallest absolute Gasteiger partial charge is 0.383 e. The Morgan fingerprint density at radius 3 is 2.47 bits per heavy atom. The second-order valence-electron chi connectivity index (χ2n) is 9.81. The molecule has 9 nitrogen and oxygen atoms in total. The zero-order valence-electron chi connectivity index (χ0n) is 20.9. The number of halogens is 3. The topological polar surface area (TPSA) is 116 Å². The zero-order chi connectivity index (χ0) is 27.8. The summed E-state index contributed by atoms with van der Waals surface area (Å²) >= 11 is 0. The fourth-order valence-corrected chi connectivity index (χ4v) is 4.53. The van der Waals surface area contributed by atoms with Crippen molar-refractivity contribution in [3.63, 3.8) is 0 Å². The first-order valence-electron chi connectivity index (χ1n) is 11.7. The van der Waals surface area contributed by atoms with Crippen molar-refractivity contribution in [2.75, 3.05) is 20.3 Å². The van der Waals surface area contributed by atoms with Crippen molar-refractivity contribution in [3.05, 3.63) is 75.0 Å². The number of Topliss-reactive ketones (excluding diaryl/α,β-unsaturated/α-hetero) is 1. The van der Waals surface area contributed by atoms with Crippen molar-refractivity contribution in [1.82, 2.24) is 15.1 Å². The standard InChI is InChI=1S/C26H25F3N4O5/c1-25(2)13-20-22(21(34)14-25)23(15-4-7-17(8-5-15)26(27,28)29)31-32(20)18-9-6-16(12-19(18)33(36)37)24(35)30-10-11-38-3/h4-9,12H,10-11,13-14H2,1-3H3,(H,30,35). The van der Waals surface area contributed by atoms with E-state index in [2.05, 4.69) is 10.4 Å². The van der Waals surface area contributed by atoms with Gasteiger partial charge in [-0.05, 0) is 36.1 Å². The van der Waals surface area contributed by atoms with Gasteiger partial charge in [-0.3, -0.25) is 19.7 Å². The summed E-state index contributed by atoms with van der Waals surface area (Å²) in [6.07, 6.45) is -4.00. The van der Waals surface area contributed by atoms with Crippen LogP contribution in [0.4, 0.5) is 18.9 Å². The third kappa shape index (κ3) is 5.30. The minimum Gasteiger partial charge on any atom is -0.383 e. The molecule has 1 aliphatic carbocycles. The van der Waals surface area contributed by atoms with Gasteiger partial charge in [0.05, 0.1) is 28.4 Å². The molecule has 1 heterocycles. The summed E-state index contributed by atoms with van der Waals surface area (Å²) in [6, 6.07) is 8.16. The fourth-order valence-electron chi connectivity index (χ4n) is 4.53. The van der Waals surface area contributed by atoms with Gasteiger partial charge in [-0.25, -0.2) is 4.68 Å². The van der Waals surface area contributed by atoms with Crippen LogP contribution in [0, 0.1) is 15.5 Å². The molecule has 200 valence electrons. The molecule has 0 fully saturated rings. The number of amides is 1. The molecule has 1 N–H and O–H groups in total. The van der Waals surface area contributed by atoms with Crippen LogP contribution in [0.1, 0.15) is 52.2 Å². The van der Waals surface area contributed by atoms with E-state index >= 15 is 0 Å². The molecule has 0 bridgehead atoms. The van der Waals surface area contributed by atoms with E-state index in [9.17, 15) is 32.9 Å². The molecule has 2 aromatic carbocycles. The number of carbonyl (C=O) groups excluding carboxylic acids is 2. The van der Waals surface area contributed by atoms with Crippen molar-refractivity contribution < 1.29 is 32.4 Å². The lowest BCUT2D eigenvalue weighted by Crippen LogP contribution is -2.28. The van der Waals surface area contributed by atoms with Gasteiger partial charge < -0.3 is 10.1 Å². The lowest BCUT2D eigenvalue weighted by Gasteiger charge is -2.29. The Morgan fingerprint density at radius 2 is 1.87 bits per heavy atom. The number of hydrogen-bond acceptors (Lipinski definition) is 6. The Labute approximate surface area is 215 Å². The van der Waals surface area contributed by atoms with Gasteiger partial charge in [-0.2, -0.15) is 18.3 Å². The molecule has 0 saturated carbocycles. The monoisotopic (exact) mass is 530 g/mol. The number of rotatable bonds is 7. The highest BCUT2D eigenvalue weighted by molar-refractivity contribution is 6.04. The van der Waals surface area contributed by atoms with E-state index in [1.807, 2.05) is 13.8 Å². The number of ketones is 1. The number of aromatic nitrogens is 2. The Bertz CT molecular complexity index is 1410. The first-order valence-corrected chi connectivity index (χ1v) is 11.7. The van der Waals surface area contributed by atoms with Gasteiger partial charge in [0.25, 0.3) is 11.6 Å². The van der Waals surface area contributed by atoms with Crippen LogP contribution in [0.15, 0.2) is 42.5 Å². The van der Waals surface area contributed by atoms with Crippen LogP contribution >= 0.6 is 0 Å². The van der Waals surface area contributed by atoms with Crippen LogP contribution < -0.4 is 5.32 Å². The molecule has 38 heavy (non-hydrogen) atoms.